The van der Waals surface area contributed by atoms with Crippen LogP contribution in [0.5, 0.6) is 0 Å². The molecule has 0 bridgehead atoms. The largest absolute Gasteiger partial charge is 0.368 e. The van der Waals surface area contributed by atoms with Crippen LogP contribution >= 0.6 is 0 Å². The number of hydrogen-bond acceptors (Lipinski definition) is 4. The molecule has 0 saturated carbocycles. The number of amides is 3. The molecule has 2 N–H and O–H groups in total. The van der Waals surface area contributed by atoms with Crippen molar-refractivity contribution >= 4 is 17.7 Å². The summed E-state index contributed by atoms with van der Waals surface area (Å²) < 4.78 is 0. The topological polar surface area (TPSA) is 87.0 Å². The molecule has 0 aliphatic carbocycles. The van der Waals surface area contributed by atoms with Gasteiger partial charge in [-0.2, -0.15) is 0 Å². The second kappa shape index (κ2) is 12.7. The Morgan fingerprint density at radius 2 is 1.52 bits per heavy atom. The molecule has 0 aromatic carbocycles. The molecule has 0 aromatic heterocycles. The molecule has 0 heterocycles. The quantitative estimate of drug-likeness (QED) is 0.524. The lowest BCUT2D eigenvalue weighted by molar-refractivity contribution is -0.148. The molecule has 158 valence electrons. The van der Waals surface area contributed by atoms with Crippen molar-refractivity contribution < 1.29 is 14.4 Å². The maximum absolute atomic E-state index is 13.3. The van der Waals surface area contributed by atoms with E-state index in [1.807, 2.05) is 20.8 Å². The van der Waals surface area contributed by atoms with E-state index in [0.29, 0.717) is 19.4 Å². The molecular weight excluding hydrogens is 344 g/mol. The van der Waals surface area contributed by atoms with E-state index in [0.717, 1.165) is 25.9 Å². The van der Waals surface area contributed by atoms with Crippen molar-refractivity contribution in [1.29, 1.82) is 0 Å². The highest BCUT2D eigenvalue weighted by atomic mass is 16.2. The maximum atomic E-state index is 13.3. The van der Waals surface area contributed by atoms with Crippen molar-refractivity contribution in [2.45, 2.75) is 72.4 Å². The molecule has 3 amide bonds. The lowest BCUT2D eigenvalue weighted by Gasteiger charge is -2.36. The number of nitrogens with zero attached hydrogens (tertiary/aromatic N) is 3. The summed E-state index contributed by atoms with van der Waals surface area (Å²) in [5.74, 6) is -0.831. The SMILES string of the molecule is CCCC(=O)N(C)[C@H](CCN(CC)CC)C(=O)N(C)[C@H](C(N)=O)C(C)CC. The summed E-state index contributed by atoms with van der Waals surface area (Å²) in [6.07, 6.45) is 2.40. The van der Waals surface area contributed by atoms with Crippen LogP contribution in [0, 0.1) is 5.92 Å². The van der Waals surface area contributed by atoms with Gasteiger partial charge in [-0.05, 0) is 31.8 Å². The smallest absolute Gasteiger partial charge is 0.245 e. The van der Waals surface area contributed by atoms with Gasteiger partial charge in [0.2, 0.25) is 17.7 Å². The van der Waals surface area contributed by atoms with Gasteiger partial charge < -0.3 is 20.4 Å². The van der Waals surface area contributed by atoms with Gasteiger partial charge >= 0.3 is 0 Å². The lowest BCUT2D eigenvalue weighted by Crippen LogP contribution is -2.56. The predicted octanol–water partition coefficient (Wildman–Crippen LogP) is 1.70. The van der Waals surface area contributed by atoms with Gasteiger partial charge in [0.15, 0.2) is 0 Å². The number of carbonyl (C=O) groups excluding carboxylic acids is 3. The maximum Gasteiger partial charge on any atom is 0.245 e. The second-order valence-electron chi connectivity index (χ2n) is 7.27. The van der Waals surface area contributed by atoms with Gasteiger partial charge in [0.05, 0.1) is 0 Å². The van der Waals surface area contributed by atoms with E-state index >= 15 is 0 Å². The van der Waals surface area contributed by atoms with Crippen molar-refractivity contribution in [2.24, 2.45) is 11.7 Å². The first-order chi connectivity index (χ1) is 12.7. The van der Waals surface area contributed by atoms with Gasteiger partial charge in [0, 0.05) is 27.1 Å². The molecule has 0 aliphatic rings. The summed E-state index contributed by atoms with van der Waals surface area (Å²) in [5.41, 5.74) is 5.58. The highest BCUT2D eigenvalue weighted by Crippen LogP contribution is 2.17. The summed E-state index contributed by atoms with van der Waals surface area (Å²) in [6, 6.07) is -1.27. The molecule has 1 unspecified atom stereocenters. The standard InChI is InChI=1S/C20H40N4O3/c1-8-12-17(25)22(6)16(13-14-24(10-3)11-4)20(27)23(7)18(19(21)26)15(5)9-2/h15-16,18H,8-14H2,1-7H3,(H2,21,26)/t15?,16-,18+/m1/s1. The van der Waals surface area contributed by atoms with Crippen LogP contribution in [0.25, 0.3) is 0 Å². The number of rotatable bonds is 13. The van der Waals surface area contributed by atoms with Gasteiger partial charge in [0.25, 0.3) is 0 Å². The van der Waals surface area contributed by atoms with Crippen LogP contribution in [0.1, 0.15) is 60.3 Å². The van der Waals surface area contributed by atoms with Crippen molar-refractivity contribution in [3.63, 3.8) is 0 Å². The molecule has 7 heteroatoms. The minimum Gasteiger partial charge on any atom is -0.368 e. The highest BCUT2D eigenvalue weighted by Gasteiger charge is 2.35. The third kappa shape index (κ3) is 7.48. The Labute approximate surface area is 165 Å². The Morgan fingerprint density at radius 3 is 1.93 bits per heavy atom. The fourth-order valence-corrected chi connectivity index (χ4v) is 3.34. The third-order valence-electron chi connectivity index (χ3n) is 5.46. The molecule has 0 aliphatic heterocycles. The molecule has 0 aromatic rings. The van der Waals surface area contributed by atoms with Crippen LogP contribution in [-0.4, -0.2) is 78.2 Å². The van der Waals surface area contributed by atoms with E-state index in [9.17, 15) is 14.4 Å². The minimum atomic E-state index is -0.673. The molecule has 0 spiro atoms. The summed E-state index contributed by atoms with van der Waals surface area (Å²) in [6.45, 7) is 12.5. The van der Waals surface area contributed by atoms with Crippen molar-refractivity contribution in [3.8, 4) is 0 Å². The highest BCUT2D eigenvalue weighted by molar-refractivity contribution is 5.91. The van der Waals surface area contributed by atoms with Crippen LogP contribution in [0.3, 0.4) is 0 Å². The Bertz CT molecular complexity index is 480. The summed E-state index contributed by atoms with van der Waals surface area (Å²) in [7, 11) is 3.30. The van der Waals surface area contributed by atoms with Gasteiger partial charge in [0.1, 0.15) is 12.1 Å². The molecular formula is C20H40N4O3. The zero-order chi connectivity index (χ0) is 21.1. The molecule has 0 rings (SSSR count). The van der Waals surface area contributed by atoms with Crippen molar-refractivity contribution in [3.05, 3.63) is 0 Å². The molecule has 0 fully saturated rings. The van der Waals surface area contributed by atoms with E-state index in [-0.39, 0.29) is 17.7 Å². The van der Waals surface area contributed by atoms with Crippen LogP contribution in [0.15, 0.2) is 0 Å². The van der Waals surface area contributed by atoms with Crippen LogP contribution in [0.4, 0.5) is 0 Å². The molecule has 0 radical (unpaired) electrons. The fraction of sp³-hybridized carbons (Fsp3) is 0.850. The average Bonchev–Trinajstić information content (AvgIpc) is 2.64. The lowest BCUT2D eigenvalue weighted by atomic mass is 9.96. The summed E-state index contributed by atoms with van der Waals surface area (Å²) in [5, 5.41) is 0. The number of primary amides is 1. The van der Waals surface area contributed by atoms with Gasteiger partial charge in [-0.3, -0.25) is 14.4 Å². The van der Waals surface area contributed by atoms with Gasteiger partial charge in [-0.25, -0.2) is 0 Å². The number of hydrogen-bond donors (Lipinski definition) is 1. The molecule has 0 saturated heterocycles. The Morgan fingerprint density at radius 1 is 0.963 bits per heavy atom. The monoisotopic (exact) mass is 384 g/mol. The zero-order valence-electron chi connectivity index (χ0n) is 18.3. The van der Waals surface area contributed by atoms with E-state index < -0.39 is 18.0 Å². The van der Waals surface area contributed by atoms with Crippen molar-refractivity contribution in [1.82, 2.24) is 14.7 Å². The Balaban J connectivity index is 5.57. The second-order valence-corrected chi connectivity index (χ2v) is 7.27. The Hall–Kier alpha value is -1.63. The first kappa shape index (κ1) is 25.4. The normalized spacial score (nSPS) is 14.5. The van der Waals surface area contributed by atoms with Crippen LogP contribution in [0.2, 0.25) is 0 Å². The number of nitrogens with two attached hydrogens (primary N) is 1. The molecule has 27 heavy (non-hydrogen) atoms. The predicted molar refractivity (Wildman–Crippen MR) is 109 cm³/mol. The van der Waals surface area contributed by atoms with E-state index in [4.69, 9.17) is 5.73 Å². The first-order valence-corrected chi connectivity index (χ1v) is 10.2. The first-order valence-electron chi connectivity index (χ1n) is 10.2. The minimum absolute atomic E-state index is 0.0449. The zero-order valence-corrected chi connectivity index (χ0v) is 18.3. The van der Waals surface area contributed by atoms with Crippen LogP contribution in [-0.2, 0) is 14.4 Å². The summed E-state index contributed by atoms with van der Waals surface area (Å²) >= 11 is 0. The van der Waals surface area contributed by atoms with Gasteiger partial charge in [-0.15, -0.1) is 0 Å². The van der Waals surface area contributed by atoms with E-state index in [1.54, 1.807) is 19.0 Å². The number of likely N-dealkylation sites (N-methyl/N-ethyl adjacent to an activating group) is 2. The fourth-order valence-electron chi connectivity index (χ4n) is 3.34. The van der Waals surface area contributed by atoms with E-state index in [2.05, 4.69) is 18.7 Å². The average molecular weight is 385 g/mol. The third-order valence-corrected chi connectivity index (χ3v) is 5.46. The van der Waals surface area contributed by atoms with Gasteiger partial charge in [-0.1, -0.05) is 41.0 Å². The summed E-state index contributed by atoms with van der Waals surface area (Å²) in [4.78, 5) is 42.9. The van der Waals surface area contributed by atoms with E-state index in [1.165, 1.54) is 4.90 Å². The van der Waals surface area contributed by atoms with Crippen LogP contribution < -0.4 is 5.73 Å². The molecule has 3 atom stereocenters. The molecule has 7 nitrogen and oxygen atoms in total. The Kier molecular flexibility index (Phi) is 11.9. The number of carbonyl (C=O) groups is 3. The van der Waals surface area contributed by atoms with Crippen molar-refractivity contribution in [2.75, 3.05) is 33.7 Å².